The number of ether oxygens (including phenoxy) is 1. The molecule has 0 atom stereocenters. The van der Waals surface area contributed by atoms with Gasteiger partial charge in [-0.25, -0.2) is 0 Å². The number of rotatable bonds is 10. The van der Waals surface area contributed by atoms with Gasteiger partial charge in [-0.15, -0.1) is 0 Å². The smallest absolute Gasteiger partial charge is 0.0590 e. The Kier molecular flexibility index (Phi) is 8.83. The zero-order valence-electron chi connectivity index (χ0n) is 12.5. The second kappa shape index (κ2) is 8.90. The van der Waals surface area contributed by atoms with Gasteiger partial charge in [-0.1, -0.05) is 27.7 Å². The summed E-state index contributed by atoms with van der Waals surface area (Å²) in [4.78, 5) is 2.59. The third-order valence-electron chi connectivity index (χ3n) is 4.23. The third-order valence-corrected chi connectivity index (χ3v) is 4.23. The minimum Gasteiger partial charge on any atom is -0.383 e. The highest BCUT2D eigenvalue weighted by Gasteiger charge is 2.35. The molecule has 0 spiro atoms. The van der Waals surface area contributed by atoms with Gasteiger partial charge in [-0.3, -0.25) is 4.90 Å². The number of methoxy groups -OCH3 is 1. The molecule has 0 rings (SSSR count). The minimum atomic E-state index is 0.148. The lowest BCUT2D eigenvalue weighted by atomic mass is 9.88. The maximum absolute atomic E-state index is 6.07. The zero-order valence-corrected chi connectivity index (χ0v) is 12.5. The van der Waals surface area contributed by atoms with Crippen molar-refractivity contribution in [3.05, 3.63) is 0 Å². The fourth-order valence-electron chi connectivity index (χ4n) is 2.79. The van der Waals surface area contributed by atoms with Crippen LogP contribution in [-0.4, -0.2) is 43.3 Å². The van der Waals surface area contributed by atoms with Crippen molar-refractivity contribution >= 4 is 0 Å². The molecule has 0 aliphatic carbocycles. The summed E-state index contributed by atoms with van der Waals surface area (Å²) in [5.74, 6) is 0. The average Bonchev–Trinajstić information content (AvgIpc) is 2.38. The van der Waals surface area contributed by atoms with Gasteiger partial charge < -0.3 is 10.5 Å². The standard InChI is InChI=1S/C14H32N2O/c1-6-13(7-2)16(10-11-17-5)14(8-3,9-4)12-15/h13H,6-12,15H2,1-5H3. The minimum absolute atomic E-state index is 0.148. The monoisotopic (exact) mass is 244 g/mol. The first-order valence-electron chi connectivity index (χ1n) is 7.11. The van der Waals surface area contributed by atoms with E-state index in [9.17, 15) is 0 Å². The van der Waals surface area contributed by atoms with Crippen LogP contribution in [0.25, 0.3) is 0 Å². The molecule has 3 nitrogen and oxygen atoms in total. The molecule has 104 valence electrons. The Balaban J connectivity index is 4.95. The molecular weight excluding hydrogens is 212 g/mol. The van der Waals surface area contributed by atoms with Gasteiger partial charge in [0.15, 0.2) is 0 Å². The molecule has 0 aliphatic heterocycles. The van der Waals surface area contributed by atoms with Crippen LogP contribution in [0.15, 0.2) is 0 Å². The number of nitrogens with zero attached hydrogens (tertiary/aromatic N) is 1. The summed E-state index contributed by atoms with van der Waals surface area (Å²) in [5, 5.41) is 0. The molecule has 0 saturated heterocycles. The summed E-state index contributed by atoms with van der Waals surface area (Å²) in [6, 6.07) is 0.619. The molecule has 0 radical (unpaired) electrons. The van der Waals surface area contributed by atoms with Crippen molar-refractivity contribution < 1.29 is 4.74 Å². The molecule has 0 heterocycles. The van der Waals surface area contributed by atoms with Crippen molar-refractivity contribution in [2.24, 2.45) is 5.73 Å². The molecule has 0 amide bonds. The van der Waals surface area contributed by atoms with Crippen molar-refractivity contribution in [1.82, 2.24) is 4.90 Å². The molecule has 0 aromatic heterocycles. The van der Waals surface area contributed by atoms with Crippen LogP contribution >= 0.6 is 0 Å². The Morgan fingerprint density at radius 1 is 1.12 bits per heavy atom. The van der Waals surface area contributed by atoms with Gasteiger partial charge in [0.05, 0.1) is 6.61 Å². The molecule has 3 heteroatoms. The van der Waals surface area contributed by atoms with E-state index in [4.69, 9.17) is 10.5 Å². The van der Waals surface area contributed by atoms with Crippen LogP contribution in [0.1, 0.15) is 53.4 Å². The Hall–Kier alpha value is -0.120. The molecule has 0 aliphatic rings. The van der Waals surface area contributed by atoms with Crippen molar-refractivity contribution in [2.75, 3.05) is 26.8 Å². The highest BCUT2D eigenvalue weighted by molar-refractivity contribution is 4.92. The van der Waals surface area contributed by atoms with E-state index in [0.29, 0.717) is 6.04 Å². The van der Waals surface area contributed by atoms with Crippen molar-refractivity contribution in [3.63, 3.8) is 0 Å². The molecule has 2 N–H and O–H groups in total. The molecular formula is C14H32N2O. The van der Waals surface area contributed by atoms with Crippen LogP contribution in [0.5, 0.6) is 0 Å². The van der Waals surface area contributed by atoms with Crippen LogP contribution in [0.4, 0.5) is 0 Å². The van der Waals surface area contributed by atoms with E-state index < -0.39 is 0 Å². The Labute approximate surface area is 108 Å². The van der Waals surface area contributed by atoms with E-state index in [1.807, 2.05) is 0 Å². The van der Waals surface area contributed by atoms with E-state index in [0.717, 1.165) is 32.5 Å². The highest BCUT2D eigenvalue weighted by Crippen LogP contribution is 2.27. The van der Waals surface area contributed by atoms with Gasteiger partial charge in [0.1, 0.15) is 0 Å². The first-order chi connectivity index (χ1) is 8.15. The first kappa shape index (κ1) is 16.9. The quantitative estimate of drug-likeness (QED) is 0.642. The summed E-state index contributed by atoms with van der Waals surface area (Å²) in [6.07, 6.45) is 4.59. The van der Waals surface area contributed by atoms with Crippen LogP contribution < -0.4 is 5.73 Å². The van der Waals surface area contributed by atoms with Crippen LogP contribution in [0.3, 0.4) is 0 Å². The second-order valence-corrected chi connectivity index (χ2v) is 4.79. The zero-order chi connectivity index (χ0) is 13.3. The lowest BCUT2D eigenvalue weighted by molar-refractivity contribution is 0.0141. The summed E-state index contributed by atoms with van der Waals surface area (Å²) in [6.45, 7) is 11.5. The molecule has 0 unspecified atom stereocenters. The van der Waals surface area contributed by atoms with Crippen LogP contribution in [0, 0.1) is 0 Å². The molecule has 0 fully saturated rings. The lowest BCUT2D eigenvalue weighted by Crippen LogP contribution is -2.58. The van der Waals surface area contributed by atoms with E-state index in [-0.39, 0.29) is 5.54 Å². The van der Waals surface area contributed by atoms with Crippen molar-refractivity contribution in [3.8, 4) is 0 Å². The normalized spacial score (nSPS) is 12.7. The topological polar surface area (TPSA) is 38.5 Å². The van der Waals surface area contributed by atoms with Gasteiger partial charge >= 0.3 is 0 Å². The van der Waals surface area contributed by atoms with Gasteiger partial charge in [0, 0.05) is 31.8 Å². The Morgan fingerprint density at radius 2 is 1.65 bits per heavy atom. The molecule has 0 aromatic carbocycles. The van der Waals surface area contributed by atoms with E-state index in [2.05, 4.69) is 32.6 Å². The molecule has 0 saturated carbocycles. The largest absolute Gasteiger partial charge is 0.383 e. The Morgan fingerprint density at radius 3 is 1.94 bits per heavy atom. The summed E-state index contributed by atoms with van der Waals surface area (Å²) < 4.78 is 5.26. The van der Waals surface area contributed by atoms with Gasteiger partial charge in [0.2, 0.25) is 0 Å². The van der Waals surface area contributed by atoms with Gasteiger partial charge in [-0.2, -0.15) is 0 Å². The maximum Gasteiger partial charge on any atom is 0.0590 e. The fraction of sp³-hybridized carbons (Fsp3) is 1.00. The number of nitrogens with two attached hydrogens (primary N) is 1. The lowest BCUT2D eigenvalue weighted by Gasteiger charge is -2.46. The number of hydrogen-bond donors (Lipinski definition) is 1. The highest BCUT2D eigenvalue weighted by atomic mass is 16.5. The van der Waals surface area contributed by atoms with Crippen molar-refractivity contribution in [2.45, 2.75) is 65.0 Å². The second-order valence-electron chi connectivity index (χ2n) is 4.79. The van der Waals surface area contributed by atoms with Crippen LogP contribution in [0.2, 0.25) is 0 Å². The first-order valence-corrected chi connectivity index (χ1v) is 7.11. The predicted octanol–water partition coefficient (Wildman–Crippen LogP) is 2.64. The van der Waals surface area contributed by atoms with E-state index >= 15 is 0 Å². The molecule has 17 heavy (non-hydrogen) atoms. The average molecular weight is 244 g/mol. The molecule has 0 aromatic rings. The fourth-order valence-corrected chi connectivity index (χ4v) is 2.79. The van der Waals surface area contributed by atoms with Gasteiger partial charge in [-0.05, 0) is 25.7 Å². The summed E-state index contributed by atoms with van der Waals surface area (Å²) in [5.41, 5.74) is 6.21. The maximum atomic E-state index is 6.07. The SMILES string of the molecule is CCC(CC)N(CCOC)C(CC)(CC)CN. The number of hydrogen-bond acceptors (Lipinski definition) is 3. The van der Waals surface area contributed by atoms with E-state index in [1.54, 1.807) is 7.11 Å². The van der Waals surface area contributed by atoms with Crippen molar-refractivity contribution in [1.29, 1.82) is 0 Å². The van der Waals surface area contributed by atoms with Gasteiger partial charge in [0.25, 0.3) is 0 Å². The summed E-state index contributed by atoms with van der Waals surface area (Å²) in [7, 11) is 1.77. The summed E-state index contributed by atoms with van der Waals surface area (Å²) >= 11 is 0. The van der Waals surface area contributed by atoms with Crippen LogP contribution in [-0.2, 0) is 4.74 Å². The van der Waals surface area contributed by atoms with E-state index in [1.165, 1.54) is 12.8 Å². The third kappa shape index (κ3) is 4.23. The molecule has 0 bridgehead atoms. The predicted molar refractivity (Wildman–Crippen MR) is 75.3 cm³/mol. The Bertz CT molecular complexity index is 169.